The number of rotatable bonds is 3. The first-order valence-electron chi connectivity index (χ1n) is 9.08. The third-order valence-corrected chi connectivity index (χ3v) is 8.30. The molecule has 22 heavy (non-hydrogen) atoms. The Balaban J connectivity index is 3.88. The zero-order valence-corrected chi connectivity index (χ0v) is 17.2. The van der Waals surface area contributed by atoms with Crippen molar-refractivity contribution in [3.05, 3.63) is 12.3 Å². The highest BCUT2D eigenvalue weighted by Crippen LogP contribution is 2.68. The minimum absolute atomic E-state index is 0.0338. The number of likely N-dealkylation sites (N-methyl/N-ethyl adjacent to an activating group) is 1. The minimum Gasteiger partial charge on any atom is -0.390 e. The van der Waals surface area contributed by atoms with Crippen LogP contribution in [0.15, 0.2) is 12.3 Å². The number of piperidine rings is 1. The van der Waals surface area contributed by atoms with E-state index in [2.05, 4.69) is 87.6 Å². The third kappa shape index (κ3) is 1.89. The first-order chi connectivity index (χ1) is 9.92. The first kappa shape index (κ1) is 17.8. The normalized spacial score (nSPS) is 33.4. The summed E-state index contributed by atoms with van der Waals surface area (Å²) >= 11 is 0. The van der Waals surface area contributed by atoms with Gasteiger partial charge in [0.2, 0.25) is 0 Å². The largest absolute Gasteiger partial charge is 0.390 e. The lowest BCUT2D eigenvalue weighted by atomic mass is 9.40. The van der Waals surface area contributed by atoms with Gasteiger partial charge in [0.15, 0.2) is 1.41 Å². The predicted molar refractivity (Wildman–Crippen MR) is 99.0 cm³/mol. The van der Waals surface area contributed by atoms with Crippen LogP contribution < -0.4 is 5.31 Å². The molecule has 1 aliphatic rings. The van der Waals surface area contributed by atoms with Crippen LogP contribution in [0.4, 0.5) is 0 Å². The van der Waals surface area contributed by atoms with Crippen molar-refractivity contribution in [3.63, 3.8) is 0 Å². The summed E-state index contributed by atoms with van der Waals surface area (Å²) in [4.78, 5) is 2.61. The Hall–Kier alpha value is -0.500. The molecule has 0 aromatic rings. The Morgan fingerprint density at radius 1 is 0.909 bits per heavy atom. The Morgan fingerprint density at radius 3 is 1.64 bits per heavy atom. The van der Waals surface area contributed by atoms with Crippen LogP contribution in [0.2, 0.25) is 1.41 Å². The smallest absolute Gasteiger partial charge is 0.159 e. The molecule has 0 bridgehead atoms. The van der Waals surface area contributed by atoms with Crippen LogP contribution in [0, 0.1) is 16.2 Å². The molecule has 0 aromatic carbocycles. The van der Waals surface area contributed by atoms with Gasteiger partial charge in [0.1, 0.15) is 0 Å². The average Bonchev–Trinajstić information content (AvgIpc) is 2.34. The maximum Gasteiger partial charge on any atom is 0.159 e. The van der Waals surface area contributed by atoms with Gasteiger partial charge >= 0.3 is 0 Å². The Morgan fingerprint density at radius 2 is 1.32 bits per heavy atom. The molecule has 0 aliphatic carbocycles. The summed E-state index contributed by atoms with van der Waals surface area (Å²) in [7, 11) is 1.79. The van der Waals surface area contributed by atoms with Gasteiger partial charge in [0.05, 0.1) is 5.54 Å². The highest BCUT2D eigenvalue weighted by atomic mass is 15.3. The fourth-order valence-electron chi connectivity index (χ4n) is 5.20. The van der Waals surface area contributed by atoms with Crippen molar-refractivity contribution in [2.75, 3.05) is 7.05 Å². The van der Waals surface area contributed by atoms with Gasteiger partial charge in [-0.3, -0.25) is 4.90 Å². The molecule has 2 nitrogen and oxygen atoms in total. The average molecular weight is 310 g/mol. The van der Waals surface area contributed by atoms with Crippen molar-refractivity contribution >= 4 is 0 Å². The molecule has 1 atom stereocenters. The quantitative estimate of drug-likeness (QED) is 0.784. The van der Waals surface area contributed by atoms with Crippen molar-refractivity contribution in [1.82, 2.24) is 10.2 Å². The molecule has 1 rings (SSSR count). The van der Waals surface area contributed by atoms with E-state index in [9.17, 15) is 0 Å². The third-order valence-electron chi connectivity index (χ3n) is 8.30. The highest BCUT2D eigenvalue weighted by Gasteiger charge is 2.70. The molecule has 0 amide bonds. The van der Waals surface area contributed by atoms with Crippen LogP contribution in [0.25, 0.3) is 0 Å². The van der Waals surface area contributed by atoms with Gasteiger partial charge in [-0.25, -0.2) is 0 Å². The summed E-state index contributed by atoms with van der Waals surface area (Å²) in [5.74, 6) is 0. The van der Waals surface area contributed by atoms with Gasteiger partial charge < -0.3 is 5.31 Å². The molecular formula is C20H40N2. The van der Waals surface area contributed by atoms with Crippen LogP contribution >= 0.6 is 0 Å². The zero-order valence-electron chi connectivity index (χ0n) is 18.2. The van der Waals surface area contributed by atoms with E-state index in [4.69, 9.17) is 1.41 Å². The standard InChI is InChI=1S/C20H40N2/c1-14(2)22-19(10,11)17(6,7)16(4,5)18(8,9)20(22,12)15(3)21-13/h14,21H,3H2,1-2,4-13H3/i/hD. The van der Waals surface area contributed by atoms with Crippen LogP contribution in [-0.2, 0) is 0 Å². The molecule has 0 saturated carbocycles. The van der Waals surface area contributed by atoms with Gasteiger partial charge in [-0.1, -0.05) is 48.1 Å². The van der Waals surface area contributed by atoms with Crippen LogP contribution in [0.1, 0.15) is 76.2 Å². The van der Waals surface area contributed by atoms with Crippen LogP contribution in [0.3, 0.4) is 0 Å². The molecule has 1 fully saturated rings. The number of nitrogens with one attached hydrogen (secondary N) is 1. The van der Waals surface area contributed by atoms with E-state index in [1.54, 1.807) is 7.05 Å². The number of hydrogen-bond acceptors (Lipinski definition) is 2. The van der Waals surface area contributed by atoms with Gasteiger partial charge in [-0.15, -0.1) is 0 Å². The zero-order chi connectivity index (χ0) is 18.8. The molecule has 1 unspecified atom stereocenters. The van der Waals surface area contributed by atoms with Crippen molar-refractivity contribution < 1.29 is 1.41 Å². The summed E-state index contributed by atoms with van der Waals surface area (Å²) in [6.07, 6.45) is 0. The van der Waals surface area contributed by atoms with E-state index in [-0.39, 0.29) is 27.3 Å². The van der Waals surface area contributed by atoms with Crippen molar-refractivity contribution in [1.29, 1.82) is 0 Å². The van der Waals surface area contributed by atoms with Crippen molar-refractivity contribution in [3.8, 4) is 0 Å². The van der Waals surface area contributed by atoms with E-state index < -0.39 is 0 Å². The lowest BCUT2D eigenvalue weighted by Crippen LogP contribution is -2.80. The first-order valence-corrected chi connectivity index (χ1v) is 8.63. The molecule has 1 heterocycles. The number of likely N-dealkylation sites (tertiary alicyclic amines) is 1. The molecular weight excluding hydrogens is 268 g/mol. The monoisotopic (exact) mass is 309 g/mol. The molecule has 0 spiro atoms. The van der Waals surface area contributed by atoms with E-state index >= 15 is 0 Å². The lowest BCUT2D eigenvalue weighted by molar-refractivity contribution is -0.250. The fraction of sp³-hybridized carbons (Fsp3) is 0.900. The van der Waals surface area contributed by atoms with Crippen LogP contribution in [-0.4, -0.2) is 29.1 Å². The van der Waals surface area contributed by atoms with Crippen LogP contribution in [0.5, 0.6) is 0 Å². The maximum absolute atomic E-state index is 8.22. The van der Waals surface area contributed by atoms with E-state index in [0.29, 0.717) is 6.04 Å². The Kier molecular flexibility index (Phi) is 4.05. The SMILES string of the molecule is [2H]N(C)C(=C)C1(C)N(C(C)C)C(C)(C)C(C)(C)C(C)(C)C1(C)C. The van der Waals surface area contributed by atoms with E-state index in [1.165, 1.54) is 5.31 Å². The summed E-state index contributed by atoms with van der Waals surface area (Å²) in [6.45, 7) is 30.2. The van der Waals surface area contributed by atoms with Gasteiger partial charge in [0.25, 0.3) is 0 Å². The molecule has 2 heteroatoms. The number of nitrogens with zero attached hydrogens (tertiary/aromatic N) is 1. The lowest BCUT2D eigenvalue weighted by Gasteiger charge is -2.75. The second kappa shape index (κ2) is 5.00. The predicted octanol–water partition coefficient (Wildman–Crippen LogP) is 5.06. The number of hydrogen-bond donors (Lipinski definition) is 1. The molecule has 130 valence electrons. The van der Waals surface area contributed by atoms with Crippen molar-refractivity contribution in [2.45, 2.75) is 93.3 Å². The second-order valence-corrected chi connectivity index (χ2v) is 9.64. The highest BCUT2D eigenvalue weighted by molar-refractivity contribution is 5.30. The topological polar surface area (TPSA) is 15.3 Å². The molecule has 1 saturated heterocycles. The van der Waals surface area contributed by atoms with E-state index in [0.717, 1.165) is 5.70 Å². The summed E-state index contributed by atoms with van der Waals surface area (Å²) < 4.78 is 8.22. The maximum atomic E-state index is 8.22. The van der Waals surface area contributed by atoms with E-state index in [1.807, 2.05) is 0 Å². The Labute approximate surface area is 141 Å². The summed E-state index contributed by atoms with van der Waals surface area (Å²) in [5.41, 5.74) is 0.619. The fourth-order valence-corrected chi connectivity index (χ4v) is 5.20. The van der Waals surface area contributed by atoms with Gasteiger partial charge in [-0.2, -0.15) is 0 Å². The summed E-state index contributed by atoms with van der Waals surface area (Å²) in [6, 6.07) is 0.362. The van der Waals surface area contributed by atoms with Gasteiger partial charge in [0, 0.05) is 24.3 Å². The van der Waals surface area contributed by atoms with Crippen molar-refractivity contribution in [2.24, 2.45) is 16.2 Å². The minimum atomic E-state index is -0.305. The molecule has 1 aliphatic heterocycles. The summed E-state index contributed by atoms with van der Waals surface area (Å²) in [5, 5.41) is 1.46. The molecule has 0 radical (unpaired) electrons. The van der Waals surface area contributed by atoms with Gasteiger partial charge in [-0.05, 0) is 50.9 Å². The molecule has 0 aromatic heterocycles. The Bertz CT molecular complexity index is 486. The molecule has 1 N–H and O–H groups in total. The second-order valence-electron chi connectivity index (χ2n) is 9.64.